The molecule has 0 saturated heterocycles. The van der Waals surface area contributed by atoms with Crippen LogP contribution < -0.4 is 10.6 Å². The molecule has 2 N–H and O–H groups in total. The summed E-state index contributed by atoms with van der Waals surface area (Å²) in [6.45, 7) is 3.88. The molecule has 0 unspecified atom stereocenters. The van der Waals surface area contributed by atoms with Crippen molar-refractivity contribution in [2.45, 2.75) is 71.3 Å². The molecular weight excluding hydrogens is 392 g/mol. The molecule has 31 heavy (non-hydrogen) atoms. The Hall–Kier alpha value is -2.37. The minimum atomic E-state index is -0.891. The van der Waals surface area contributed by atoms with Crippen molar-refractivity contribution >= 4 is 23.5 Å². The summed E-state index contributed by atoms with van der Waals surface area (Å²) in [5, 5.41) is 5.74. The van der Waals surface area contributed by atoms with E-state index in [1.165, 1.54) is 24.8 Å². The number of hydrogen-bond donors (Lipinski definition) is 2. The van der Waals surface area contributed by atoms with Gasteiger partial charge in [-0.1, -0.05) is 19.1 Å². The molecule has 0 aromatic heterocycles. The number of esters is 1. The molecule has 1 aromatic rings. The predicted octanol–water partition coefficient (Wildman–Crippen LogP) is 3.84. The van der Waals surface area contributed by atoms with Gasteiger partial charge in [0, 0.05) is 17.6 Å². The Kier molecular flexibility index (Phi) is 6.35. The van der Waals surface area contributed by atoms with E-state index in [1.54, 1.807) is 6.92 Å². The molecule has 0 spiro atoms. The van der Waals surface area contributed by atoms with Crippen LogP contribution in [0.15, 0.2) is 24.3 Å². The van der Waals surface area contributed by atoms with E-state index in [-0.39, 0.29) is 30.2 Å². The van der Waals surface area contributed by atoms with Gasteiger partial charge in [-0.05, 0) is 87.3 Å². The molecule has 6 nitrogen and oxygen atoms in total. The van der Waals surface area contributed by atoms with E-state index >= 15 is 0 Å². The first-order valence-electron chi connectivity index (χ1n) is 11.7. The van der Waals surface area contributed by atoms with Crippen LogP contribution in [0.5, 0.6) is 0 Å². The van der Waals surface area contributed by atoms with E-state index in [2.05, 4.69) is 17.6 Å². The van der Waals surface area contributed by atoms with Gasteiger partial charge in [0.15, 0.2) is 6.10 Å². The molecule has 4 bridgehead atoms. The van der Waals surface area contributed by atoms with Gasteiger partial charge in [0.2, 0.25) is 5.91 Å². The molecule has 0 radical (unpaired) electrons. The predicted molar refractivity (Wildman–Crippen MR) is 118 cm³/mol. The first-order chi connectivity index (χ1) is 14.9. The molecule has 1 aromatic carbocycles. The number of benzene rings is 1. The number of rotatable bonds is 8. The van der Waals surface area contributed by atoms with Crippen LogP contribution in [-0.2, 0) is 25.5 Å². The molecule has 4 fully saturated rings. The first-order valence-corrected chi connectivity index (χ1v) is 11.7. The number of anilines is 1. The molecule has 5 rings (SSSR count). The Bertz CT molecular complexity index is 797. The topological polar surface area (TPSA) is 84.5 Å². The summed E-state index contributed by atoms with van der Waals surface area (Å²) in [5.74, 6) is 1.39. The van der Waals surface area contributed by atoms with E-state index in [9.17, 15) is 14.4 Å². The third kappa shape index (κ3) is 4.94. The molecular formula is C25H34N2O4. The maximum atomic E-state index is 12.9. The molecule has 6 heteroatoms. The average Bonchev–Trinajstić information content (AvgIpc) is 2.73. The molecule has 0 aliphatic heterocycles. The van der Waals surface area contributed by atoms with Crippen molar-refractivity contribution in [3.8, 4) is 0 Å². The van der Waals surface area contributed by atoms with Crippen LogP contribution in [0.4, 0.5) is 5.69 Å². The number of nitrogens with one attached hydrogen (secondary N) is 2. The lowest BCUT2D eigenvalue weighted by Gasteiger charge is -2.55. The number of ether oxygens (including phenoxy) is 1. The zero-order chi connectivity index (χ0) is 22.0. The highest BCUT2D eigenvalue weighted by Gasteiger charge is 2.54. The van der Waals surface area contributed by atoms with Gasteiger partial charge in [0.05, 0.1) is 6.42 Å². The van der Waals surface area contributed by atoms with E-state index in [1.807, 2.05) is 24.3 Å². The fraction of sp³-hybridized carbons (Fsp3) is 0.640. The van der Waals surface area contributed by atoms with Crippen molar-refractivity contribution in [3.63, 3.8) is 0 Å². The number of carbonyl (C=O) groups is 3. The Balaban J connectivity index is 1.19. The van der Waals surface area contributed by atoms with Crippen LogP contribution in [0.3, 0.4) is 0 Å². The number of carbonyl (C=O) groups excluding carboxylic acids is 3. The van der Waals surface area contributed by atoms with Gasteiger partial charge < -0.3 is 15.4 Å². The van der Waals surface area contributed by atoms with E-state index in [4.69, 9.17) is 4.74 Å². The Morgan fingerprint density at radius 2 is 1.61 bits per heavy atom. The molecule has 4 aliphatic carbocycles. The zero-order valence-electron chi connectivity index (χ0n) is 18.6. The molecule has 4 saturated carbocycles. The van der Waals surface area contributed by atoms with E-state index in [0.29, 0.717) is 23.4 Å². The van der Waals surface area contributed by atoms with Crippen LogP contribution >= 0.6 is 0 Å². The lowest BCUT2D eigenvalue weighted by atomic mass is 9.49. The Morgan fingerprint density at radius 3 is 2.16 bits per heavy atom. The SMILES string of the molecule is CCc1ccc(NC(=O)[C@@H](C)OC(=O)CCNC(=O)C23CC4CC(CC(C4)C2)C3)cc1. The number of amides is 2. The fourth-order valence-electron chi connectivity index (χ4n) is 6.23. The molecule has 0 heterocycles. The summed E-state index contributed by atoms with van der Waals surface area (Å²) in [6, 6.07) is 7.59. The van der Waals surface area contributed by atoms with Crippen LogP contribution in [-0.4, -0.2) is 30.4 Å². The quantitative estimate of drug-likeness (QED) is 0.619. The van der Waals surface area contributed by atoms with Gasteiger partial charge in [0.1, 0.15) is 0 Å². The van der Waals surface area contributed by atoms with Crippen molar-refractivity contribution in [2.24, 2.45) is 23.2 Å². The summed E-state index contributed by atoms with van der Waals surface area (Å²) in [7, 11) is 0. The number of aryl methyl sites for hydroxylation is 1. The standard InChI is InChI=1S/C25H34N2O4/c1-3-17-4-6-21(7-5-17)27-23(29)16(2)31-22(28)8-9-26-24(30)25-13-18-10-19(14-25)12-20(11-18)15-25/h4-7,16,18-20H,3,8-15H2,1-2H3,(H,26,30)(H,27,29)/t16-,18?,19?,20?,25?/m1/s1. The highest BCUT2D eigenvalue weighted by atomic mass is 16.5. The first kappa shape index (κ1) is 21.8. The lowest BCUT2D eigenvalue weighted by molar-refractivity contribution is -0.153. The summed E-state index contributed by atoms with van der Waals surface area (Å²) in [6.07, 6.45) is 7.01. The van der Waals surface area contributed by atoms with Crippen LogP contribution in [0.25, 0.3) is 0 Å². The maximum absolute atomic E-state index is 12.9. The minimum absolute atomic E-state index is 0.0704. The number of hydrogen-bond acceptors (Lipinski definition) is 4. The largest absolute Gasteiger partial charge is 0.452 e. The van der Waals surface area contributed by atoms with Gasteiger partial charge in [-0.25, -0.2) is 0 Å². The van der Waals surface area contributed by atoms with Gasteiger partial charge in [-0.2, -0.15) is 0 Å². The van der Waals surface area contributed by atoms with E-state index < -0.39 is 12.1 Å². The summed E-state index contributed by atoms with van der Waals surface area (Å²) >= 11 is 0. The van der Waals surface area contributed by atoms with Crippen LogP contribution in [0.2, 0.25) is 0 Å². The molecule has 4 aliphatic rings. The summed E-state index contributed by atoms with van der Waals surface area (Å²) < 4.78 is 5.26. The van der Waals surface area contributed by atoms with Gasteiger partial charge in [0.25, 0.3) is 5.91 Å². The molecule has 2 amide bonds. The third-order valence-electron chi connectivity index (χ3n) is 7.44. The van der Waals surface area contributed by atoms with Crippen molar-refractivity contribution in [3.05, 3.63) is 29.8 Å². The van der Waals surface area contributed by atoms with Crippen LogP contribution in [0, 0.1) is 23.2 Å². The van der Waals surface area contributed by atoms with Crippen molar-refractivity contribution in [1.29, 1.82) is 0 Å². The second kappa shape index (κ2) is 9.01. The van der Waals surface area contributed by atoms with Gasteiger partial charge in [-0.3, -0.25) is 14.4 Å². The molecule has 1 atom stereocenters. The zero-order valence-corrected chi connectivity index (χ0v) is 18.6. The highest BCUT2D eigenvalue weighted by molar-refractivity contribution is 5.95. The Morgan fingerprint density at radius 1 is 1.03 bits per heavy atom. The second-order valence-corrected chi connectivity index (χ2v) is 9.88. The minimum Gasteiger partial charge on any atom is -0.452 e. The normalized spacial score (nSPS) is 29.3. The van der Waals surface area contributed by atoms with Crippen LogP contribution in [0.1, 0.15) is 64.4 Å². The fourth-order valence-corrected chi connectivity index (χ4v) is 6.23. The summed E-state index contributed by atoms with van der Waals surface area (Å²) in [5.41, 5.74) is 1.65. The molecule has 168 valence electrons. The van der Waals surface area contributed by atoms with Gasteiger partial charge >= 0.3 is 5.97 Å². The van der Waals surface area contributed by atoms with Crippen molar-refractivity contribution < 1.29 is 19.1 Å². The highest BCUT2D eigenvalue weighted by Crippen LogP contribution is 2.60. The average molecular weight is 427 g/mol. The maximum Gasteiger partial charge on any atom is 0.308 e. The van der Waals surface area contributed by atoms with Crippen molar-refractivity contribution in [1.82, 2.24) is 5.32 Å². The lowest BCUT2D eigenvalue weighted by Crippen LogP contribution is -2.53. The second-order valence-electron chi connectivity index (χ2n) is 9.88. The Labute approximate surface area is 184 Å². The third-order valence-corrected chi connectivity index (χ3v) is 7.44. The van der Waals surface area contributed by atoms with E-state index in [0.717, 1.165) is 25.7 Å². The smallest absolute Gasteiger partial charge is 0.308 e. The van der Waals surface area contributed by atoms with Crippen molar-refractivity contribution in [2.75, 3.05) is 11.9 Å². The van der Waals surface area contributed by atoms with Gasteiger partial charge in [-0.15, -0.1) is 0 Å². The monoisotopic (exact) mass is 426 g/mol. The summed E-state index contributed by atoms with van der Waals surface area (Å²) in [4.78, 5) is 37.4.